The monoisotopic (exact) mass is 286 g/mol. The molecule has 0 aliphatic carbocycles. The number of allylic oxidation sites excluding steroid dienone is 1. The second-order valence-corrected chi connectivity index (χ2v) is 4.41. The lowest BCUT2D eigenvalue weighted by molar-refractivity contribution is 0.439. The van der Waals surface area contributed by atoms with Crippen LogP contribution in [0.1, 0.15) is 0 Å². The summed E-state index contributed by atoms with van der Waals surface area (Å²) in [5, 5.41) is 42.7. The van der Waals surface area contributed by atoms with Crippen molar-refractivity contribution in [3.63, 3.8) is 0 Å². The number of fused-ring (bicyclic) bond motifs is 2. The van der Waals surface area contributed by atoms with Crippen LogP contribution in [0.2, 0.25) is 0 Å². The first-order valence-electron chi connectivity index (χ1n) is 6.11. The first-order valence-corrected chi connectivity index (χ1v) is 6.11. The molecule has 0 saturated carbocycles. The minimum Gasteiger partial charge on any atom is -0.280 e. The van der Waals surface area contributed by atoms with Crippen molar-refractivity contribution in [2.45, 2.75) is 0 Å². The van der Waals surface area contributed by atoms with E-state index in [0.717, 1.165) is 0 Å². The second kappa shape index (κ2) is 4.92. The molecule has 2 aliphatic rings. The molecular weight excluding hydrogens is 280 g/mol. The quantitative estimate of drug-likeness (QED) is 0.593. The number of nitrogens with zero attached hydrogens (tertiary/aromatic N) is 7. The molecule has 0 spiro atoms. The average Bonchev–Trinajstić information content (AvgIpc) is 3.13. The van der Waals surface area contributed by atoms with E-state index in [1.807, 2.05) is 24.3 Å². The van der Waals surface area contributed by atoms with Gasteiger partial charge in [0.1, 0.15) is 35.4 Å². The van der Waals surface area contributed by atoms with Crippen molar-refractivity contribution in [3.8, 4) is 24.3 Å². The number of hydrazine groups is 1. The summed E-state index contributed by atoms with van der Waals surface area (Å²) in [6, 6.07) is 7.41. The highest BCUT2D eigenvalue weighted by Crippen LogP contribution is 2.24. The van der Waals surface area contributed by atoms with Gasteiger partial charge in [-0.05, 0) is 0 Å². The lowest BCUT2D eigenvalue weighted by Crippen LogP contribution is -2.38. The highest BCUT2D eigenvalue weighted by molar-refractivity contribution is 5.72. The van der Waals surface area contributed by atoms with Gasteiger partial charge in [-0.25, -0.2) is 10.1 Å². The van der Waals surface area contributed by atoms with E-state index in [-0.39, 0.29) is 11.1 Å². The highest BCUT2D eigenvalue weighted by atomic mass is 15.5. The summed E-state index contributed by atoms with van der Waals surface area (Å²) >= 11 is 0. The zero-order valence-corrected chi connectivity index (χ0v) is 11.1. The van der Waals surface area contributed by atoms with Crippen molar-refractivity contribution in [2.75, 3.05) is 6.54 Å². The molecule has 0 radical (unpaired) electrons. The Hall–Kier alpha value is -3.85. The molecule has 1 N–H and O–H groups in total. The lowest BCUT2D eigenvalue weighted by Gasteiger charge is -2.17. The van der Waals surface area contributed by atoms with E-state index in [2.05, 4.69) is 10.5 Å². The van der Waals surface area contributed by atoms with Crippen molar-refractivity contribution < 1.29 is 0 Å². The van der Waals surface area contributed by atoms with E-state index in [1.165, 1.54) is 10.9 Å². The Balaban J connectivity index is 2.27. The third-order valence-corrected chi connectivity index (χ3v) is 3.34. The van der Waals surface area contributed by atoms with Gasteiger partial charge in [-0.3, -0.25) is 5.01 Å². The largest absolute Gasteiger partial charge is 0.280 e. The minimum absolute atomic E-state index is 0.0287. The van der Waals surface area contributed by atoms with Gasteiger partial charge in [-0.15, -0.1) is 0 Å². The van der Waals surface area contributed by atoms with Crippen molar-refractivity contribution in [1.29, 1.82) is 21.0 Å². The summed E-state index contributed by atoms with van der Waals surface area (Å²) < 4.78 is 1.51. The number of aromatic nitrogens is 2. The molecule has 0 unspecified atom stereocenters. The molecule has 1 aromatic heterocycles. The normalized spacial score (nSPS) is 14.3. The fourth-order valence-electron chi connectivity index (χ4n) is 2.30. The van der Waals surface area contributed by atoms with E-state index >= 15 is 0 Å². The molecule has 102 valence electrons. The standard InChI is InChI=1S/C14H6N8/c15-1-9(2-16)11-5-19-21-8-14-12(10(3-17)4-18)6-20-22(14)7-13(11)21/h5,7-8,20H,6H2. The molecule has 3 heterocycles. The van der Waals surface area contributed by atoms with Crippen molar-refractivity contribution >= 4 is 18.0 Å². The van der Waals surface area contributed by atoms with Crippen LogP contribution in [-0.2, 0) is 0 Å². The Kier molecular flexibility index (Phi) is 2.94. The number of hydrogen-bond acceptors (Lipinski definition) is 7. The molecule has 22 heavy (non-hydrogen) atoms. The van der Waals surface area contributed by atoms with Gasteiger partial charge in [0.15, 0.2) is 0 Å². The molecular formula is C14H6N8. The maximum Gasteiger partial charge on any atom is 0.140 e. The molecule has 1 aromatic rings. The Labute approximate surface area is 124 Å². The summed E-state index contributed by atoms with van der Waals surface area (Å²) in [6.45, 7) is 0.339. The van der Waals surface area contributed by atoms with Crippen LogP contribution >= 0.6 is 0 Å². The molecule has 8 heteroatoms. The van der Waals surface area contributed by atoms with Gasteiger partial charge in [0, 0.05) is 18.3 Å². The maximum atomic E-state index is 9.00. The molecule has 0 atom stereocenters. The molecule has 0 aromatic carbocycles. The van der Waals surface area contributed by atoms with Crippen LogP contribution in [0.25, 0.3) is 18.0 Å². The molecule has 0 amide bonds. The summed E-state index contributed by atoms with van der Waals surface area (Å²) in [6.07, 6.45) is 4.76. The van der Waals surface area contributed by atoms with Crippen LogP contribution < -0.4 is 16.0 Å². The van der Waals surface area contributed by atoms with Crippen LogP contribution in [0.3, 0.4) is 0 Å². The van der Waals surface area contributed by atoms with Gasteiger partial charge in [0.2, 0.25) is 0 Å². The Morgan fingerprint density at radius 3 is 2.36 bits per heavy atom. The molecule has 2 aliphatic heterocycles. The van der Waals surface area contributed by atoms with Crippen molar-refractivity contribution in [3.05, 3.63) is 33.6 Å². The van der Waals surface area contributed by atoms with Gasteiger partial charge < -0.3 is 0 Å². The van der Waals surface area contributed by atoms with Gasteiger partial charge in [0.05, 0.1) is 28.7 Å². The van der Waals surface area contributed by atoms with E-state index in [1.54, 1.807) is 17.4 Å². The Bertz CT molecular complexity index is 991. The van der Waals surface area contributed by atoms with Crippen LogP contribution in [0.15, 0.2) is 23.0 Å². The number of rotatable bonds is 0. The van der Waals surface area contributed by atoms with Crippen LogP contribution in [0.5, 0.6) is 0 Å². The summed E-state index contributed by atoms with van der Waals surface area (Å²) in [4.78, 5) is 0. The van der Waals surface area contributed by atoms with Gasteiger partial charge >= 0.3 is 0 Å². The summed E-state index contributed by atoms with van der Waals surface area (Å²) in [5.41, 5.74) is 4.24. The van der Waals surface area contributed by atoms with Gasteiger partial charge in [-0.1, -0.05) is 0 Å². The number of nitrogens with one attached hydrogen (secondary N) is 1. The molecule has 1 fully saturated rings. The van der Waals surface area contributed by atoms with Crippen LogP contribution in [0, 0.1) is 45.3 Å². The molecule has 0 bridgehead atoms. The van der Waals surface area contributed by atoms with Crippen LogP contribution in [-0.4, -0.2) is 21.3 Å². The number of nitriles is 4. The predicted octanol–water partition coefficient (Wildman–Crippen LogP) is -1.21. The molecule has 1 saturated heterocycles. The zero-order valence-electron chi connectivity index (χ0n) is 11.1. The first-order chi connectivity index (χ1) is 10.7. The topological polar surface area (TPSA) is 128 Å². The van der Waals surface area contributed by atoms with E-state index < -0.39 is 0 Å². The third-order valence-electron chi connectivity index (χ3n) is 3.34. The average molecular weight is 286 g/mol. The smallest absolute Gasteiger partial charge is 0.140 e. The molecule has 8 nitrogen and oxygen atoms in total. The van der Waals surface area contributed by atoms with E-state index in [9.17, 15) is 0 Å². The summed E-state index contributed by atoms with van der Waals surface area (Å²) in [5.74, 6) is 0. The minimum atomic E-state index is -0.0287. The fourth-order valence-corrected chi connectivity index (χ4v) is 2.30. The Morgan fingerprint density at radius 1 is 1.05 bits per heavy atom. The third kappa shape index (κ3) is 1.74. The highest BCUT2D eigenvalue weighted by Gasteiger charge is 2.27. The predicted molar refractivity (Wildman–Crippen MR) is 72.9 cm³/mol. The maximum absolute atomic E-state index is 9.00. The molecule has 3 rings (SSSR count). The number of hydrogen-bond donors (Lipinski definition) is 1. The van der Waals surface area contributed by atoms with E-state index in [0.29, 0.717) is 28.4 Å². The van der Waals surface area contributed by atoms with Crippen molar-refractivity contribution in [2.24, 2.45) is 0 Å². The second-order valence-electron chi connectivity index (χ2n) is 4.41. The lowest BCUT2D eigenvalue weighted by atomic mass is 10.1. The van der Waals surface area contributed by atoms with Crippen LogP contribution in [0.4, 0.5) is 0 Å². The summed E-state index contributed by atoms with van der Waals surface area (Å²) in [7, 11) is 0. The SMILES string of the molecule is N#CC(C#N)=C1CNN2C=c3c(=C(C#N)C#N)cnn3C=C12. The van der Waals surface area contributed by atoms with Gasteiger partial charge in [-0.2, -0.15) is 26.1 Å². The van der Waals surface area contributed by atoms with Gasteiger partial charge in [0.25, 0.3) is 0 Å². The Morgan fingerprint density at radius 2 is 1.73 bits per heavy atom. The first kappa shape index (κ1) is 13.1. The zero-order chi connectivity index (χ0) is 15.7. The fraction of sp³-hybridized carbons (Fsp3) is 0.0714. The van der Waals surface area contributed by atoms with E-state index in [4.69, 9.17) is 21.0 Å². The van der Waals surface area contributed by atoms with Crippen molar-refractivity contribution in [1.82, 2.24) is 20.2 Å².